The summed E-state index contributed by atoms with van der Waals surface area (Å²) in [5, 5.41) is 12.6. The number of rotatable bonds is 9. The van der Waals surface area contributed by atoms with Crippen LogP contribution in [0.25, 0.3) is 0 Å². The highest BCUT2D eigenvalue weighted by molar-refractivity contribution is 6.00. The molecule has 1 aromatic carbocycles. The van der Waals surface area contributed by atoms with Crippen molar-refractivity contribution in [2.45, 2.75) is 91.1 Å². The van der Waals surface area contributed by atoms with Crippen LogP contribution in [-0.4, -0.2) is 53.3 Å². The molecule has 200 valence electrons. The van der Waals surface area contributed by atoms with Crippen LogP contribution in [0.4, 0.5) is 5.69 Å². The number of cyclic esters (lactones) is 2. The van der Waals surface area contributed by atoms with Crippen molar-refractivity contribution in [3.8, 4) is 5.75 Å². The minimum atomic E-state index is -1.37. The summed E-state index contributed by atoms with van der Waals surface area (Å²) in [6.07, 6.45) is 0.858. The second-order valence-corrected chi connectivity index (χ2v) is 9.49. The van der Waals surface area contributed by atoms with E-state index in [1.165, 1.54) is 25.1 Å². The molecule has 5 unspecified atom stereocenters. The fourth-order valence-electron chi connectivity index (χ4n) is 3.98. The van der Waals surface area contributed by atoms with Crippen molar-refractivity contribution in [2.75, 3.05) is 5.73 Å². The van der Waals surface area contributed by atoms with Crippen LogP contribution in [-0.2, 0) is 28.6 Å². The van der Waals surface area contributed by atoms with Gasteiger partial charge in [0, 0.05) is 0 Å². The lowest BCUT2D eigenvalue weighted by atomic mass is 9.92. The van der Waals surface area contributed by atoms with Gasteiger partial charge in [0.1, 0.15) is 12.2 Å². The molecule has 0 saturated carbocycles. The average molecular weight is 507 g/mol. The van der Waals surface area contributed by atoms with Crippen molar-refractivity contribution in [3.63, 3.8) is 0 Å². The number of nitrogen functional groups attached to an aromatic ring is 1. The first-order chi connectivity index (χ1) is 17.0. The van der Waals surface area contributed by atoms with Gasteiger partial charge in [-0.3, -0.25) is 14.4 Å². The second-order valence-electron chi connectivity index (χ2n) is 9.49. The molecule has 0 aromatic heterocycles. The summed E-state index contributed by atoms with van der Waals surface area (Å²) in [6.45, 7) is 8.41. The molecule has 1 amide bonds. The molecule has 10 nitrogen and oxygen atoms in total. The lowest BCUT2D eigenvalue weighted by molar-refractivity contribution is -0.177. The second kappa shape index (κ2) is 13.1. The highest BCUT2D eigenvalue weighted by Crippen LogP contribution is 2.28. The van der Waals surface area contributed by atoms with Crippen LogP contribution in [0, 0.1) is 11.8 Å². The molecule has 0 radical (unpaired) electrons. The molecule has 0 aliphatic carbocycles. The SMILES string of the molecule is CCCCCCC1C(=O)OC(C)C(NC(=O)c2cccc(N)c2O)C(=O)OC(C)C1OC(=O)C(C)C. The first kappa shape index (κ1) is 28.9. The van der Waals surface area contributed by atoms with Crippen LogP contribution in [0.5, 0.6) is 5.75 Å². The average Bonchev–Trinajstić information content (AvgIpc) is 2.84. The van der Waals surface area contributed by atoms with Crippen molar-refractivity contribution in [3.05, 3.63) is 23.8 Å². The Morgan fingerprint density at radius 2 is 1.75 bits per heavy atom. The summed E-state index contributed by atoms with van der Waals surface area (Å²) in [5.74, 6) is -4.55. The van der Waals surface area contributed by atoms with E-state index in [0.717, 1.165) is 19.3 Å². The number of benzene rings is 1. The van der Waals surface area contributed by atoms with Crippen molar-refractivity contribution >= 4 is 29.5 Å². The van der Waals surface area contributed by atoms with E-state index in [4.69, 9.17) is 19.9 Å². The van der Waals surface area contributed by atoms with Gasteiger partial charge in [-0.05, 0) is 32.4 Å². The molecular formula is C26H38N2O8. The van der Waals surface area contributed by atoms with E-state index in [-0.39, 0.29) is 11.3 Å². The molecule has 1 heterocycles. The van der Waals surface area contributed by atoms with Crippen molar-refractivity contribution in [1.82, 2.24) is 5.32 Å². The monoisotopic (exact) mass is 506 g/mol. The quantitative estimate of drug-likeness (QED) is 0.151. The van der Waals surface area contributed by atoms with Gasteiger partial charge in [-0.1, -0.05) is 52.5 Å². The fraction of sp³-hybridized carbons (Fsp3) is 0.615. The lowest BCUT2D eigenvalue weighted by Crippen LogP contribution is -2.50. The summed E-state index contributed by atoms with van der Waals surface area (Å²) in [7, 11) is 0. The predicted octanol–water partition coefficient (Wildman–Crippen LogP) is 3.10. The number of phenolic OH excluding ortho intramolecular Hbond substituents is 1. The Bertz CT molecular complexity index is 948. The molecule has 0 bridgehead atoms. The number of unbranched alkanes of at least 4 members (excludes halogenated alkanes) is 3. The van der Waals surface area contributed by atoms with Crippen LogP contribution >= 0.6 is 0 Å². The van der Waals surface area contributed by atoms with E-state index >= 15 is 0 Å². The summed E-state index contributed by atoms with van der Waals surface area (Å²) in [6, 6.07) is 2.87. The number of aromatic hydroxyl groups is 1. The number of amides is 1. The van der Waals surface area contributed by atoms with Crippen molar-refractivity contribution < 1.29 is 38.5 Å². The summed E-state index contributed by atoms with van der Waals surface area (Å²) in [5.41, 5.74) is 5.51. The molecule has 10 heteroatoms. The third-order valence-electron chi connectivity index (χ3n) is 6.18. The minimum Gasteiger partial charge on any atom is -0.505 e. The van der Waals surface area contributed by atoms with E-state index in [9.17, 15) is 24.3 Å². The van der Waals surface area contributed by atoms with Crippen molar-refractivity contribution in [2.24, 2.45) is 11.8 Å². The molecule has 1 fully saturated rings. The first-order valence-electron chi connectivity index (χ1n) is 12.5. The Hall–Kier alpha value is -3.30. The smallest absolute Gasteiger partial charge is 0.332 e. The Balaban J connectivity index is 2.33. The maximum atomic E-state index is 13.3. The molecule has 0 spiro atoms. The van der Waals surface area contributed by atoms with Gasteiger partial charge in [-0.25, -0.2) is 4.79 Å². The molecule has 5 atom stereocenters. The summed E-state index contributed by atoms with van der Waals surface area (Å²) < 4.78 is 16.8. The van der Waals surface area contributed by atoms with Gasteiger partial charge >= 0.3 is 17.9 Å². The maximum Gasteiger partial charge on any atom is 0.332 e. The van der Waals surface area contributed by atoms with Gasteiger partial charge < -0.3 is 30.4 Å². The van der Waals surface area contributed by atoms with Crippen LogP contribution in [0.3, 0.4) is 0 Å². The Kier molecular flexibility index (Phi) is 10.6. The van der Waals surface area contributed by atoms with Gasteiger partial charge in [-0.2, -0.15) is 0 Å². The number of phenols is 1. The number of anilines is 1. The zero-order chi connectivity index (χ0) is 27.0. The van der Waals surface area contributed by atoms with Crippen LogP contribution in [0.15, 0.2) is 18.2 Å². The molecular weight excluding hydrogens is 468 g/mol. The molecule has 36 heavy (non-hydrogen) atoms. The fourth-order valence-corrected chi connectivity index (χ4v) is 3.98. The van der Waals surface area contributed by atoms with Crippen LogP contribution in [0.2, 0.25) is 0 Å². The number of hydrogen-bond acceptors (Lipinski definition) is 9. The number of para-hydroxylation sites is 1. The number of nitrogens with two attached hydrogens (primary N) is 1. The lowest BCUT2D eigenvalue weighted by Gasteiger charge is -2.29. The highest BCUT2D eigenvalue weighted by atomic mass is 16.6. The zero-order valence-electron chi connectivity index (χ0n) is 21.6. The van der Waals surface area contributed by atoms with Crippen LogP contribution < -0.4 is 11.1 Å². The maximum absolute atomic E-state index is 13.3. The highest BCUT2D eigenvalue weighted by Gasteiger charge is 2.44. The summed E-state index contributed by atoms with van der Waals surface area (Å²) >= 11 is 0. The van der Waals surface area contributed by atoms with Gasteiger partial charge in [-0.15, -0.1) is 0 Å². The molecule has 1 aromatic rings. The molecule has 1 aliphatic heterocycles. The number of esters is 3. The Morgan fingerprint density at radius 3 is 2.39 bits per heavy atom. The van der Waals surface area contributed by atoms with Gasteiger partial charge in [0.2, 0.25) is 0 Å². The largest absolute Gasteiger partial charge is 0.505 e. The van der Waals surface area contributed by atoms with E-state index < -0.39 is 65.8 Å². The van der Waals surface area contributed by atoms with Gasteiger partial charge in [0.05, 0.1) is 23.1 Å². The first-order valence-corrected chi connectivity index (χ1v) is 12.5. The number of ether oxygens (including phenoxy) is 3. The normalized spacial score (nSPS) is 24.7. The third-order valence-corrected chi connectivity index (χ3v) is 6.18. The number of nitrogens with one attached hydrogen (secondary N) is 1. The van der Waals surface area contributed by atoms with E-state index in [0.29, 0.717) is 12.8 Å². The molecule has 1 saturated heterocycles. The zero-order valence-corrected chi connectivity index (χ0v) is 21.6. The Labute approximate surface area is 211 Å². The van der Waals surface area contributed by atoms with Gasteiger partial charge in [0.25, 0.3) is 5.91 Å². The van der Waals surface area contributed by atoms with Gasteiger partial charge in [0.15, 0.2) is 17.9 Å². The van der Waals surface area contributed by atoms with Crippen molar-refractivity contribution in [1.29, 1.82) is 0 Å². The predicted molar refractivity (Wildman–Crippen MR) is 132 cm³/mol. The molecule has 4 N–H and O–H groups in total. The standard InChI is InChI=1S/C26H38N2O8/c1-6-7-8-9-11-18-22(36-24(31)14(2)3)16(5)35-26(33)20(15(4)34-25(18)32)28-23(30)17-12-10-13-19(27)21(17)29/h10,12-16,18,20,22,29H,6-9,11,27H2,1-5H3,(H,28,30). The van der Waals surface area contributed by atoms with E-state index in [1.807, 2.05) is 0 Å². The number of carbonyl (C=O) groups excluding carboxylic acids is 4. The van der Waals surface area contributed by atoms with Crippen LogP contribution in [0.1, 0.15) is 77.1 Å². The number of carbonyl (C=O) groups is 4. The topological polar surface area (TPSA) is 154 Å². The Morgan fingerprint density at radius 1 is 1.08 bits per heavy atom. The van der Waals surface area contributed by atoms with E-state index in [1.54, 1.807) is 20.8 Å². The molecule has 1 aliphatic rings. The van der Waals surface area contributed by atoms with E-state index in [2.05, 4.69) is 12.2 Å². The summed E-state index contributed by atoms with van der Waals surface area (Å²) in [4.78, 5) is 51.6. The minimum absolute atomic E-state index is 0.00600. The molecule has 2 rings (SSSR count). The third kappa shape index (κ3) is 7.35. The number of hydrogen-bond donors (Lipinski definition) is 3.